The third kappa shape index (κ3) is 4.92. The number of thiazole rings is 1. The third-order valence-electron chi connectivity index (χ3n) is 4.34. The van der Waals surface area contributed by atoms with Crippen LogP contribution in [0.3, 0.4) is 0 Å². The summed E-state index contributed by atoms with van der Waals surface area (Å²) in [4.78, 5) is 16.7. The first kappa shape index (κ1) is 18.1. The van der Waals surface area contributed by atoms with E-state index in [2.05, 4.69) is 53.6 Å². The largest absolute Gasteiger partial charge is 0.375 e. The van der Waals surface area contributed by atoms with E-state index >= 15 is 0 Å². The second-order valence-electron chi connectivity index (χ2n) is 6.36. The molecule has 5 heteroatoms. The summed E-state index contributed by atoms with van der Waals surface area (Å²) < 4.78 is 0. The highest BCUT2D eigenvalue weighted by Crippen LogP contribution is 2.28. The van der Waals surface area contributed by atoms with Crippen molar-refractivity contribution in [3.8, 4) is 0 Å². The van der Waals surface area contributed by atoms with E-state index in [4.69, 9.17) is 5.73 Å². The molecule has 0 aliphatic carbocycles. The number of nitrogen functional groups attached to an aromatic ring is 1. The Labute approximate surface area is 158 Å². The molecule has 3 aromatic rings. The normalized spacial score (nSPS) is 11.9. The predicted octanol–water partition coefficient (Wildman–Crippen LogP) is 3.91. The Balaban J connectivity index is 1.65. The summed E-state index contributed by atoms with van der Waals surface area (Å²) in [7, 11) is 0. The molecule has 134 valence electrons. The number of anilines is 1. The maximum Gasteiger partial charge on any atom is 0.220 e. The molecule has 3 rings (SSSR count). The van der Waals surface area contributed by atoms with Crippen LogP contribution < -0.4 is 11.1 Å². The molecule has 0 saturated heterocycles. The summed E-state index contributed by atoms with van der Waals surface area (Å²) in [6, 6.07) is 18.6. The molecular formula is C21H23N3OS. The highest BCUT2D eigenvalue weighted by Gasteiger charge is 2.18. The molecule has 1 amide bonds. The molecule has 1 heterocycles. The van der Waals surface area contributed by atoms with Crippen LogP contribution in [0.4, 0.5) is 5.13 Å². The van der Waals surface area contributed by atoms with Crippen molar-refractivity contribution in [2.45, 2.75) is 25.7 Å². The summed E-state index contributed by atoms with van der Waals surface area (Å²) in [6.07, 6.45) is 1.12. The molecule has 0 aliphatic heterocycles. The molecular weight excluding hydrogens is 342 g/mol. The zero-order valence-electron chi connectivity index (χ0n) is 14.8. The summed E-state index contributed by atoms with van der Waals surface area (Å²) in [5.74, 6) is 0.0920. The average molecular weight is 366 g/mol. The molecule has 0 aliphatic rings. The topological polar surface area (TPSA) is 68.0 Å². The van der Waals surface area contributed by atoms with E-state index in [0.717, 1.165) is 16.8 Å². The van der Waals surface area contributed by atoms with Gasteiger partial charge in [0.05, 0.1) is 5.69 Å². The van der Waals surface area contributed by atoms with E-state index in [1.54, 1.807) is 0 Å². The summed E-state index contributed by atoms with van der Waals surface area (Å²) in [6.45, 7) is 2.64. The molecule has 0 saturated carbocycles. The fourth-order valence-corrected chi connectivity index (χ4v) is 3.53. The number of nitrogens with one attached hydrogen (secondary N) is 1. The number of rotatable bonds is 7. The van der Waals surface area contributed by atoms with Gasteiger partial charge in [-0.1, -0.05) is 60.2 Å². The number of amides is 1. The maximum atomic E-state index is 12.5. The van der Waals surface area contributed by atoms with Crippen molar-refractivity contribution in [1.82, 2.24) is 10.3 Å². The van der Waals surface area contributed by atoms with Crippen LogP contribution in [0.25, 0.3) is 0 Å². The van der Waals surface area contributed by atoms with E-state index in [1.165, 1.54) is 16.9 Å². The van der Waals surface area contributed by atoms with Gasteiger partial charge in [0.1, 0.15) is 0 Å². The number of benzene rings is 2. The van der Waals surface area contributed by atoms with Crippen LogP contribution in [-0.4, -0.2) is 17.4 Å². The van der Waals surface area contributed by atoms with Crippen molar-refractivity contribution in [2.75, 3.05) is 12.3 Å². The first-order valence-corrected chi connectivity index (χ1v) is 9.58. The van der Waals surface area contributed by atoms with Crippen molar-refractivity contribution in [3.05, 3.63) is 82.4 Å². The van der Waals surface area contributed by atoms with Crippen molar-refractivity contribution in [2.24, 2.45) is 0 Å². The van der Waals surface area contributed by atoms with Crippen LogP contribution in [0.5, 0.6) is 0 Å². The second-order valence-corrected chi connectivity index (χ2v) is 7.24. The quantitative estimate of drug-likeness (QED) is 0.667. The molecule has 1 aromatic heterocycles. The van der Waals surface area contributed by atoms with Gasteiger partial charge in [0.25, 0.3) is 0 Å². The highest BCUT2D eigenvalue weighted by molar-refractivity contribution is 7.13. The minimum atomic E-state index is 0.0441. The molecule has 0 bridgehead atoms. The predicted molar refractivity (Wildman–Crippen MR) is 107 cm³/mol. The minimum absolute atomic E-state index is 0.0441. The first-order chi connectivity index (χ1) is 12.6. The zero-order valence-corrected chi connectivity index (χ0v) is 15.6. The van der Waals surface area contributed by atoms with Gasteiger partial charge >= 0.3 is 0 Å². The summed E-state index contributed by atoms with van der Waals surface area (Å²) >= 11 is 1.42. The lowest BCUT2D eigenvalue weighted by molar-refractivity contribution is -0.121. The van der Waals surface area contributed by atoms with Gasteiger partial charge in [0.2, 0.25) is 5.91 Å². The van der Waals surface area contributed by atoms with Crippen molar-refractivity contribution < 1.29 is 4.79 Å². The van der Waals surface area contributed by atoms with Crippen molar-refractivity contribution >= 4 is 22.4 Å². The fraction of sp³-hybridized carbons (Fsp3) is 0.238. The Hall–Kier alpha value is -2.66. The number of hydrogen-bond acceptors (Lipinski definition) is 4. The van der Waals surface area contributed by atoms with E-state index in [0.29, 0.717) is 24.5 Å². The number of aryl methyl sites for hydroxylation is 1. The molecule has 0 spiro atoms. The monoisotopic (exact) mass is 365 g/mol. The fourth-order valence-electron chi connectivity index (χ4n) is 2.94. The molecule has 4 nitrogen and oxygen atoms in total. The van der Waals surface area contributed by atoms with E-state index in [9.17, 15) is 4.79 Å². The van der Waals surface area contributed by atoms with Gasteiger partial charge in [-0.3, -0.25) is 4.79 Å². The van der Waals surface area contributed by atoms with Crippen LogP contribution in [-0.2, 0) is 11.2 Å². The van der Waals surface area contributed by atoms with Crippen molar-refractivity contribution in [1.29, 1.82) is 0 Å². The van der Waals surface area contributed by atoms with Gasteiger partial charge in [-0.15, -0.1) is 11.3 Å². The Morgan fingerprint density at radius 1 is 1.12 bits per heavy atom. The third-order valence-corrected chi connectivity index (χ3v) is 5.07. The first-order valence-electron chi connectivity index (χ1n) is 8.70. The molecule has 0 fully saturated rings. The number of carbonyl (C=O) groups excluding carboxylic acids is 1. The molecule has 0 radical (unpaired) electrons. The number of nitrogens with two attached hydrogens (primary N) is 1. The Bertz CT molecular complexity index is 843. The summed E-state index contributed by atoms with van der Waals surface area (Å²) in [5, 5.41) is 5.50. The van der Waals surface area contributed by atoms with Crippen LogP contribution >= 0.6 is 11.3 Å². The number of aromatic nitrogens is 1. The van der Waals surface area contributed by atoms with Crippen LogP contribution in [0.1, 0.15) is 34.7 Å². The van der Waals surface area contributed by atoms with E-state index < -0.39 is 0 Å². The minimum Gasteiger partial charge on any atom is -0.375 e. The molecule has 3 N–H and O–H groups in total. The Kier molecular flexibility index (Phi) is 6.02. The highest BCUT2D eigenvalue weighted by atomic mass is 32.1. The maximum absolute atomic E-state index is 12.5. The second kappa shape index (κ2) is 8.63. The standard InChI is InChI=1S/C21H23N3OS/c1-15-7-9-17(10-8-15)19(16-5-3-2-4-6-16)13-20(25)23-12-11-18-14-26-21(22)24-18/h2-10,14,19H,11-13H2,1H3,(H2,22,24)(H,23,25). The van der Waals surface area contributed by atoms with Gasteiger partial charge in [-0.25, -0.2) is 4.98 Å². The SMILES string of the molecule is Cc1ccc(C(CC(=O)NCCc2csc(N)n2)c2ccccc2)cc1. The summed E-state index contributed by atoms with van der Waals surface area (Å²) in [5.41, 5.74) is 10.1. The molecule has 26 heavy (non-hydrogen) atoms. The number of hydrogen-bond donors (Lipinski definition) is 2. The van der Waals surface area contributed by atoms with Crippen LogP contribution in [0, 0.1) is 6.92 Å². The lowest BCUT2D eigenvalue weighted by Gasteiger charge is -2.18. The Morgan fingerprint density at radius 2 is 1.81 bits per heavy atom. The van der Waals surface area contributed by atoms with Gasteiger partial charge in [0, 0.05) is 30.7 Å². The van der Waals surface area contributed by atoms with Gasteiger partial charge < -0.3 is 11.1 Å². The lowest BCUT2D eigenvalue weighted by atomic mass is 9.88. The van der Waals surface area contributed by atoms with Crippen molar-refractivity contribution in [3.63, 3.8) is 0 Å². The molecule has 1 atom stereocenters. The van der Waals surface area contributed by atoms with Gasteiger partial charge in [0.15, 0.2) is 5.13 Å². The smallest absolute Gasteiger partial charge is 0.220 e. The zero-order chi connectivity index (χ0) is 18.4. The van der Waals surface area contributed by atoms with E-state index in [1.807, 2.05) is 23.6 Å². The van der Waals surface area contributed by atoms with Crippen LogP contribution in [0.15, 0.2) is 60.0 Å². The van der Waals surface area contributed by atoms with E-state index in [-0.39, 0.29) is 11.8 Å². The lowest BCUT2D eigenvalue weighted by Crippen LogP contribution is -2.27. The number of carbonyl (C=O) groups is 1. The van der Waals surface area contributed by atoms with Gasteiger partial charge in [-0.05, 0) is 18.1 Å². The molecule has 1 unspecified atom stereocenters. The van der Waals surface area contributed by atoms with Gasteiger partial charge in [-0.2, -0.15) is 0 Å². The average Bonchev–Trinajstić information content (AvgIpc) is 3.06. The number of nitrogens with zero attached hydrogens (tertiary/aromatic N) is 1. The molecule has 2 aromatic carbocycles. The van der Waals surface area contributed by atoms with Crippen LogP contribution in [0.2, 0.25) is 0 Å². The Morgan fingerprint density at radius 3 is 2.46 bits per heavy atom.